The van der Waals surface area contributed by atoms with Crippen LogP contribution in [0.4, 0.5) is 5.69 Å². The van der Waals surface area contributed by atoms with E-state index in [1.165, 1.54) is 0 Å². The van der Waals surface area contributed by atoms with Gasteiger partial charge >= 0.3 is 0 Å². The zero-order valence-electron chi connectivity index (χ0n) is 13.5. The summed E-state index contributed by atoms with van der Waals surface area (Å²) in [6.07, 6.45) is -0.0854. The van der Waals surface area contributed by atoms with E-state index in [2.05, 4.69) is 0 Å². The van der Waals surface area contributed by atoms with Crippen LogP contribution in [0.25, 0.3) is 0 Å². The summed E-state index contributed by atoms with van der Waals surface area (Å²) >= 11 is 0. The number of nitrogens with zero attached hydrogens (tertiary/aromatic N) is 1. The molecule has 2 atom stereocenters. The van der Waals surface area contributed by atoms with Crippen molar-refractivity contribution in [3.05, 3.63) is 65.2 Å². The van der Waals surface area contributed by atoms with Gasteiger partial charge in [0.25, 0.3) is 5.91 Å². The SMILES string of the molecule is Cc1ccc(N)cc1C(=O)N1CC(c2ccccc2)OCC1C. The molecular formula is C19H22N2O2. The Hall–Kier alpha value is -2.33. The van der Waals surface area contributed by atoms with Crippen molar-refractivity contribution in [3.8, 4) is 0 Å². The molecule has 2 N–H and O–H groups in total. The van der Waals surface area contributed by atoms with Crippen LogP contribution in [0.3, 0.4) is 0 Å². The van der Waals surface area contributed by atoms with Gasteiger partial charge in [0.15, 0.2) is 0 Å². The zero-order valence-corrected chi connectivity index (χ0v) is 13.5. The van der Waals surface area contributed by atoms with E-state index in [0.29, 0.717) is 24.4 Å². The molecule has 0 aliphatic carbocycles. The fourth-order valence-electron chi connectivity index (χ4n) is 2.93. The van der Waals surface area contributed by atoms with Crippen LogP contribution in [-0.2, 0) is 4.74 Å². The second-order valence-electron chi connectivity index (χ2n) is 6.11. The van der Waals surface area contributed by atoms with Gasteiger partial charge in [-0.25, -0.2) is 0 Å². The average molecular weight is 310 g/mol. The molecule has 1 fully saturated rings. The van der Waals surface area contributed by atoms with Crippen molar-refractivity contribution in [1.29, 1.82) is 0 Å². The van der Waals surface area contributed by atoms with Gasteiger partial charge < -0.3 is 15.4 Å². The van der Waals surface area contributed by atoms with Crippen LogP contribution in [-0.4, -0.2) is 30.0 Å². The molecule has 0 spiro atoms. The number of aryl methyl sites for hydroxylation is 1. The molecule has 0 saturated carbocycles. The van der Waals surface area contributed by atoms with Crippen molar-refractivity contribution in [2.75, 3.05) is 18.9 Å². The molecule has 2 aromatic rings. The van der Waals surface area contributed by atoms with Gasteiger partial charge in [-0.3, -0.25) is 4.79 Å². The topological polar surface area (TPSA) is 55.6 Å². The van der Waals surface area contributed by atoms with E-state index in [0.717, 1.165) is 11.1 Å². The fourth-order valence-corrected chi connectivity index (χ4v) is 2.93. The number of nitrogens with two attached hydrogens (primary N) is 1. The largest absolute Gasteiger partial charge is 0.399 e. The molecule has 0 radical (unpaired) electrons. The predicted molar refractivity (Wildman–Crippen MR) is 91.2 cm³/mol. The maximum absolute atomic E-state index is 13.0. The Bertz CT molecular complexity index is 700. The first-order valence-corrected chi connectivity index (χ1v) is 7.90. The Morgan fingerprint density at radius 2 is 1.96 bits per heavy atom. The number of carbonyl (C=O) groups excluding carboxylic acids is 1. The average Bonchev–Trinajstić information content (AvgIpc) is 2.58. The summed E-state index contributed by atoms with van der Waals surface area (Å²) in [5.41, 5.74) is 9.18. The van der Waals surface area contributed by atoms with E-state index < -0.39 is 0 Å². The molecule has 1 saturated heterocycles. The van der Waals surface area contributed by atoms with E-state index in [1.54, 1.807) is 6.07 Å². The van der Waals surface area contributed by atoms with Gasteiger partial charge in [0, 0.05) is 11.3 Å². The summed E-state index contributed by atoms with van der Waals surface area (Å²) in [5.74, 6) is 0.0199. The molecule has 120 valence electrons. The Labute approximate surface area is 136 Å². The van der Waals surface area contributed by atoms with Gasteiger partial charge in [0.1, 0.15) is 6.10 Å². The Morgan fingerprint density at radius 1 is 1.22 bits per heavy atom. The summed E-state index contributed by atoms with van der Waals surface area (Å²) in [6, 6.07) is 15.6. The Balaban J connectivity index is 1.85. The lowest BCUT2D eigenvalue weighted by Gasteiger charge is -2.38. The van der Waals surface area contributed by atoms with E-state index in [-0.39, 0.29) is 18.1 Å². The number of rotatable bonds is 2. The Kier molecular flexibility index (Phi) is 4.35. The molecule has 3 rings (SSSR count). The van der Waals surface area contributed by atoms with Crippen molar-refractivity contribution in [2.24, 2.45) is 0 Å². The molecule has 1 aliphatic rings. The highest BCUT2D eigenvalue weighted by atomic mass is 16.5. The number of morpholine rings is 1. The van der Waals surface area contributed by atoms with Crippen LogP contribution in [0.2, 0.25) is 0 Å². The minimum atomic E-state index is -0.0854. The van der Waals surface area contributed by atoms with Crippen molar-refractivity contribution in [2.45, 2.75) is 26.0 Å². The standard InChI is InChI=1S/C19H22N2O2/c1-13-8-9-16(20)10-17(13)19(22)21-11-18(23-12-14(21)2)15-6-4-3-5-7-15/h3-10,14,18H,11-12,20H2,1-2H3. The highest BCUT2D eigenvalue weighted by molar-refractivity contribution is 5.96. The van der Waals surface area contributed by atoms with Crippen molar-refractivity contribution < 1.29 is 9.53 Å². The molecule has 1 heterocycles. The van der Waals surface area contributed by atoms with E-state index in [9.17, 15) is 4.79 Å². The summed E-state index contributed by atoms with van der Waals surface area (Å²) in [5, 5.41) is 0. The number of nitrogen functional groups attached to an aromatic ring is 1. The van der Waals surface area contributed by atoms with E-state index in [1.807, 2.05) is 61.2 Å². The van der Waals surface area contributed by atoms with Gasteiger partial charge in [0.05, 0.1) is 19.2 Å². The number of hydrogen-bond donors (Lipinski definition) is 1. The van der Waals surface area contributed by atoms with Gasteiger partial charge in [-0.2, -0.15) is 0 Å². The van der Waals surface area contributed by atoms with E-state index >= 15 is 0 Å². The number of anilines is 1. The van der Waals surface area contributed by atoms with E-state index in [4.69, 9.17) is 10.5 Å². The van der Waals surface area contributed by atoms with Crippen molar-refractivity contribution in [3.63, 3.8) is 0 Å². The molecule has 0 aromatic heterocycles. The predicted octanol–water partition coefficient (Wildman–Crippen LogP) is 3.18. The van der Waals surface area contributed by atoms with Gasteiger partial charge in [-0.1, -0.05) is 36.4 Å². The van der Waals surface area contributed by atoms with Crippen molar-refractivity contribution in [1.82, 2.24) is 4.90 Å². The number of carbonyl (C=O) groups is 1. The minimum Gasteiger partial charge on any atom is -0.399 e. The van der Waals surface area contributed by atoms with Gasteiger partial charge in [-0.05, 0) is 37.1 Å². The van der Waals surface area contributed by atoms with Gasteiger partial charge in [0.2, 0.25) is 0 Å². The van der Waals surface area contributed by atoms with Crippen LogP contribution in [0.1, 0.15) is 34.5 Å². The zero-order chi connectivity index (χ0) is 16.4. The highest BCUT2D eigenvalue weighted by Gasteiger charge is 2.31. The van der Waals surface area contributed by atoms with Crippen molar-refractivity contribution >= 4 is 11.6 Å². The fraction of sp³-hybridized carbons (Fsp3) is 0.316. The lowest BCUT2D eigenvalue weighted by atomic mass is 10.0. The summed E-state index contributed by atoms with van der Waals surface area (Å²) in [7, 11) is 0. The third kappa shape index (κ3) is 3.22. The minimum absolute atomic E-state index is 0.0199. The second kappa shape index (κ2) is 6.42. The maximum Gasteiger partial charge on any atom is 0.254 e. The van der Waals surface area contributed by atoms with Gasteiger partial charge in [-0.15, -0.1) is 0 Å². The second-order valence-corrected chi connectivity index (χ2v) is 6.11. The monoisotopic (exact) mass is 310 g/mol. The quantitative estimate of drug-likeness (QED) is 0.867. The number of hydrogen-bond acceptors (Lipinski definition) is 3. The van der Waals surface area contributed by atoms with Crippen LogP contribution in [0.5, 0.6) is 0 Å². The van der Waals surface area contributed by atoms with Crippen LogP contribution < -0.4 is 5.73 Å². The lowest BCUT2D eigenvalue weighted by molar-refractivity contribution is -0.0486. The summed E-state index contributed by atoms with van der Waals surface area (Å²) < 4.78 is 5.93. The molecule has 2 aromatic carbocycles. The first-order valence-electron chi connectivity index (χ1n) is 7.90. The first kappa shape index (κ1) is 15.6. The molecule has 1 amide bonds. The molecule has 23 heavy (non-hydrogen) atoms. The number of benzene rings is 2. The van der Waals surface area contributed by atoms with Crippen LogP contribution in [0.15, 0.2) is 48.5 Å². The highest BCUT2D eigenvalue weighted by Crippen LogP contribution is 2.27. The Morgan fingerprint density at radius 3 is 2.70 bits per heavy atom. The van der Waals surface area contributed by atoms with Crippen LogP contribution >= 0.6 is 0 Å². The normalized spacial score (nSPS) is 21.2. The molecule has 0 bridgehead atoms. The molecular weight excluding hydrogens is 288 g/mol. The third-order valence-corrected chi connectivity index (χ3v) is 4.36. The molecule has 4 heteroatoms. The number of ether oxygens (including phenoxy) is 1. The maximum atomic E-state index is 13.0. The summed E-state index contributed by atoms with van der Waals surface area (Å²) in [4.78, 5) is 14.9. The number of amides is 1. The van der Waals surface area contributed by atoms with Crippen LogP contribution in [0, 0.1) is 6.92 Å². The molecule has 1 aliphatic heterocycles. The lowest BCUT2D eigenvalue weighted by Crippen LogP contribution is -2.48. The molecule has 4 nitrogen and oxygen atoms in total. The summed E-state index contributed by atoms with van der Waals surface area (Å²) in [6.45, 7) is 5.04. The smallest absolute Gasteiger partial charge is 0.254 e. The first-order chi connectivity index (χ1) is 11.1. The molecule has 2 unspecified atom stereocenters. The third-order valence-electron chi connectivity index (χ3n) is 4.36.